The second kappa shape index (κ2) is 5.53. The van der Waals surface area contributed by atoms with Crippen LogP contribution in [0.25, 0.3) is 0 Å². The molecule has 2 N–H and O–H groups in total. The van der Waals surface area contributed by atoms with Crippen molar-refractivity contribution in [3.63, 3.8) is 0 Å². The topological polar surface area (TPSA) is 66.0 Å². The molecule has 0 radical (unpaired) electrons. The Morgan fingerprint density at radius 1 is 1.39 bits per heavy atom. The van der Waals surface area contributed by atoms with Crippen LogP contribution in [0.3, 0.4) is 0 Å². The number of hydrogen-bond acceptors (Lipinski definition) is 4. The van der Waals surface area contributed by atoms with Crippen molar-refractivity contribution >= 4 is 5.69 Å². The van der Waals surface area contributed by atoms with E-state index in [1.807, 2.05) is 29.8 Å². The molecule has 2 aromatic rings. The summed E-state index contributed by atoms with van der Waals surface area (Å²) >= 11 is 0. The molecule has 0 unspecified atom stereocenters. The third-order valence-corrected chi connectivity index (χ3v) is 2.74. The molecular weight excluding hydrogens is 228 g/mol. The first-order valence-electron chi connectivity index (χ1n) is 6.06. The summed E-state index contributed by atoms with van der Waals surface area (Å²) in [5.74, 6) is 1.64. The van der Waals surface area contributed by atoms with Gasteiger partial charge < -0.3 is 10.5 Å². The van der Waals surface area contributed by atoms with E-state index in [0.717, 1.165) is 35.8 Å². The Bertz CT molecular complexity index is 521. The van der Waals surface area contributed by atoms with Gasteiger partial charge in [-0.1, -0.05) is 6.92 Å². The Balaban J connectivity index is 2.02. The number of hydrogen-bond donors (Lipinski definition) is 1. The van der Waals surface area contributed by atoms with E-state index in [2.05, 4.69) is 17.0 Å². The van der Waals surface area contributed by atoms with Crippen molar-refractivity contribution in [3.8, 4) is 5.75 Å². The summed E-state index contributed by atoms with van der Waals surface area (Å²) in [4.78, 5) is 4.19. The number of anilines is 1. The van der Waals surface area contributed by atoms with Gasteiger partial charge in [-0.15, -0.1) is 0 Å². The van der Waals surface area contributed by atoms with Crippen LogP contribution in [0, 0.1) is 6.92 Å². The van der Waals surface area contributed by atoms with Gasteiger partial charge in [-0.2, -0.15) is 5.10 Å². The largest absolute Gasteiger partial charge is 0.486 e. The highest BCUT2D eigenvalue weighted by Gasteiger charge is 2.05. The van der Waals surface area contributed by atoms with Crippen molar-refractivity contribution in [3.05, 3.63) is 35.9 Å². The molecule has 18 heavy (non-hydrogen) atoms. The number of nitrogen functional groups attached to an aromatic ring is 1. The Kier molecular flexibility index (Phi) is 3.82. The van der Waals surface area contributed by atoms with Crippen molar-refractivity contribution in [1.82, 2.24) is 14.8 Å². The van der Waals surface area contributed by atoms with E-state index in [9.17, 15) is 0 Å². The molecule has 2 rings (SSSR count). The van der Waals surface area contributed by atoms with Gasteiger partial charge in [-0.25, -0.2) is 9.67 Å². The van der Waals surface area contributed by atoms with Crippen molar-refractivity contribution < 1.29 is 4.74 Å². The third kappa shape index (κ3) is 2.80. The molecule has 96 valence electrons. The first-order valence-corrected chi connectivity index (χ1v) is 6.06. The van der Waals surface area contributed by atoms with Gasteiger partial charge in [0.1, 0.15) is 18.7 Å². The molecule has 0 aliphatic carbocycles. The molecular formula is C13H18N4O. The Labute approximate surface area is 107 Å². The molecule has 5 heteroatoms. The maximum atomic E-state index is 5.76. The molecule has 1 aromatic heterocycles. The zero-order chi connectivity index (χ0) is 13.0. The Morgan fingerprint density at radius 2 is 2.22 bits per heavy atom. The van der Waals surface area contributed by atoms with E-state index in [-0.39, 0.29) is 0 Å². The van der Waals surface area contributed by atoms with Crippen LogP contribution in [0.2, 0.25) is 0 Å². The first kappa shape index (κ1) is 12.4. The molecule has 0 saturated heterocycles. The smallest absolute Gasteiger partial charge is 0.164 e. The predicted molar refractivity (Wildman–Crippen MR) is 70.2 cm³/mol. The van der Waals surface area contributed by atoms with Crippen molar-refractivity contribution in [1.29, 1.82) is 0 Å². The average molecular weight is 246 g/mol. The Hall–Kier alpha value is -2.04. The number of aryl methyl sites for hydroxylation is 2. The number of rotatable bonds is 5. The molecule has 5 nitrogen and oxygen atoms in total. The lowest BCUT2D eigenvalue weighted by molar-refractivity contribution is 0.286. The first-order chi connectivity index (χ1) is 8.70. The SMILES string of the molecule is CCCn1ncnc1COc1ccc(N)c(C)c1. The zero-order valence-electron chi connectivity index (χ0n) is 10.8. The molecule has 0 aliphatic rings. The monoisotopic (exact) mass is 246 g/mol. The van der Waals surface area contributed by atoms with Crippen LogP contribution < -0.4 is 10.5 Å². The van der Waals surface area contributed by atoms with E-state index in [4.69, 9.17) is 10.5 Å². The maximum Gasteiger partial charge on any atom is 0.164 e. The highest BCUT2D eigenvalue weighted by Crippen LogP contribution is 2.19. The number of aromatic nitrogens is 3. The Morgan fingerprint density at radius 3 is 2.94 bits per heavy atom. The van der Waals surface area contributed by atoms with Gasteiger partial charge in [0, 0.05) is 12.2 Å². The van der Waals surface area contributed by atoms with Gasteiger partial charge in [0.25, 0.3) is 0 Å². The fraction of sp³-hybridized carbons (Fsp3) is 0.385. The van der Waals surface area contributed by atoms with Crippen LogP contribution in [-0.2, 0) is 13.2 Å². The normalized spacial score (nSPS) is 10.6. The highest BCUT2D eigenvalue weighted by molar-refractivity contribution is 5.49. The molecule has 0 aliphatic heterocycles. The summed E-state index contributed by atoms with van der Waals surface area (Å²) in [5, 5.41) is 4.16. The second-order valence-corrected chi connectivity index (χ2v) is 4.21. The van der Waals surface area contributed by atoms with E-state index in [1.165, 1.54) is 0 Å². The number of ether oxygens (including phenoxy) is 1. The lowest BCUT2D eigenvalue weighted by Crippen LogP contribution is -2.08. The molecule has 1 aromatic carbocycles. The molecule has 0 amide bonds. The summed E-state index contributed by atoms with van der Waals surface area (Å²) in [6.45, 7) is 5.35. The lowest BCUT2D eigenvalue weighted by atomic mass is 10.2. The van der Waals surface area contributed by atoms with Gasteiger partial charge in [-0.3, -0.25) is 0 Å². The van der Waals surface area contributed by atoms with E-state index in [1.54, 1.807) is 6.33 Å². The van der Waals surface area contributed by atoms with E-state index in [0.29, 0.717) is 6.61 Å². The standard InChI is InChI=1S/C13H18N4O/c1-3-6-17-13(15-9-16-17)8-18-11-4-5-12(14)10(2)7-11/h4-5,7,9H,3,6,8,14H2,1-2H3. The molecule has 1 heterocycles. The maximum absolute atomic E-state index is 5.76. The summed E-state index contributed by atoms with van der Waals surface area (Å²) < 4.78 is 7.56. The van der Waals surface area contributed by atoms with Gasteiger partial charge in [0.15, 0.2) is 5.82 Å². The number of benzene rings is 1. The van der Waals surface area contributed by atoms with Crippen LogP contribution >= 0.6 is 0 Å². The minimum atomic E-state index is 0.420. The van der Waals surface area contributed by atoms with Gasteiger partial charge in [0.05, 0.1) is 0 Å². The fourth-order valence-electron chi connectivity index (χ4n) is 1.68. The molecule has 0 spiro atoms. The van der Waals surface area contributed by atoms with Crippen LogP contribution in [0.5, 0.6) is 5.75 Å². The summed E-state index contributed by atoms with van der Waals surface area (Å²) in [7, 11) is 0. The minimum absolute atomic E-state index is 0.420. The average Bonchev–Trinajstić information content (AvgIpc) is 2.79. The van der Waals surface area contributed by atoms with Gasteiger partial charge >= 0.3 is 0 Å². The van der Waals surface area contributed by atoms with Crippen LogP contribution in [0.15, 0.2) is 24.5 Å². The summed E-state index contributed by atoms with van der Waals surface area (Å²) in [5.41, 5.74) is 7.55. The van der Waals surface area contributed by atoms with Crippen molar-refractivity contribution in [2.24, 2.45) is 0 Å². The molecule has 0 atom stereocenters. The van der Waals surface area contributed by atoms with E-state index < -0.39 is 0 Å². The van der Waals surface area contributed by atoms with Gasteiger partial charge in [0.2, 0.25) is 0 Å². The zero-order valence-corrected chi connectivity index (χ0v) is 10.8. The van der Waals surface area contributed by atoms with Gasteiger partial charge in [-0.05, 0) is 37.1 Å². The number of nitrogens with two attached hydrogens (primary N) is 1. The molecule has 0 saturated carbocycles. The van der Waals surface area contributed by atoms with Crippen LogP contribution in [0.4, 0.5) is 5.69 Å². The summed E-state index contributed by atoms with van der Waals surface area (Å²) in [6.07, 6.45) is 2.58. The van der Waals surface area contributed by atoms with Crippen LogP contribution in [-0.4, -0.2) is 14.8 Å². The fourth-order valence-corrected chi connectivity index (χ4v) is 1.68. The second-order valence-electron chi connectivity index (χ2n) is 4.21. The quantitative estimate of drug-likeness (QED) is 0.821. The van der Waals surface area contributed by atoms with Crippen LogP contribution in [0.1, 0.15) is 24.7 Å². The highest BCUT2D eigenvalue weighted by atomic mass is 16.5. The third-order valence-electron chi connectivity index (χ3n) is 2.74. The predicted octanol–water partition coefficient (Wildman–Crippen LogP) is 2.16. The van der Waals surface area contributed by atoms with Crippen molar-refractivity contribution in [2.45, 2.75) is 33.4 Å². The molecule has 0 bridgehead atoms. The lowest BCUT2D eigenvalue weighted by Gasteiger charge is -2.08. The van der Waals surface area contributed by atoms with Crippen molar-refractivity contribution in [2.75, 3.05) is 5.73 Å². The molecule has 0 fully saturated rings. The number of nitrogens with zero attached hydrogens (tertiary/aromatic N) is 3. The minimum Gasteiger partial charge on any atom is -0.486 e. The van der Waals surface area contributed by atoms with E-state index >= 15 is 0 Å². The summed E-state index contributed by atoms with van der Waals surface area (Å²) in [6, 6.07) is 5.64.